The molecule has 0 saturated heterocycles. The molecule has 0 aliphatic heterocycles. The van der Waals surface area contributed by atoms with Crippen LogP contribution >= 0.6 is 0 Å². The molecule has 0 spiro atoms. The van der Waals surface area contributed by atoms with E-state index in [4.69, 9.17) is 99.0 Å². The fraction of sp³-hybridized carbons (Fsp3) is 0. The molecule has 0 bridgehead atoms. The van der Waals surface area contributed by atoms with Crippen molar-refractivity contribution in [2.24, 2.45) is 0 Å². The molecule has 188 valence electrons. The Labute approximate surface area is 202 Å². The first-order valence-corrected chi connectivity index (χ1v) is 5.53. The third-order valence-corrected chi connectivity index (χ3v) is 0.915. The summed E-state index contributed by atoms with van der Waals surface area (Å²) in [7, 11) is 0. The van der Waals surface area contributed by atoms with Crippen molar-refractivity contribution in [1.82, 2.24) is 6.15 Å². The maximum absolute atomic E-state index is 9.10. The number of carboxylic acid groups (broad SMARTS) is 10. The van der Waals surface area contributed by atoms with Crippen LogP contribution < -0.4 is 6.15 Å². The second-order valence-electron chi connectivity index (χ2n) is 3.05. The Balaban J connectivity index is -0.0000000386. The SMILES string of the molecule is N.O=C(O)C(=O)O.O=C(O)C(=O)O.O=C(O)C(=O)O.O=C(O)C(=O)O.O=C(O)C(=O)O.[V].[V]. The largest absolute Gasteiger partial charge is 0.473 e. The molecule has 0 fully saturated rings. The number of carboxylic acids is 10. The molecule has 0 aliphatic rings. The van der Waals surface area contributed by atoms with E-state index in [0.717, 1.165) is 0 Å². The molecular formula is C10H13NO20V2. The molecule has 13 N–H and O–H groups in total. The monoisotopic (exact) mass is 569 g/mol. The average molecular weight is 569 g/mol. The van der Waals surface area contributed by atoms with Gasteiger partial charge in [0, 0.05) is 37.1 Å². The number of hydrogen-bond donors (Lipinski definition) is 11. The van der Waals surface area contributed by atoms with Gasteiger partial charge in [-0.05, 0) is 0 Å². The minimum absolute atomic E-state index is 0. The molecule has 0 aromatic carbocycles. The molecular weight excluding hydrogens is 556 g/mol. The van der Waals surface area contributed by atoms with Gasteiger partial charge in [0.25, 0.3) is 0 Å². The third-order valence-electron chi connectivity index (χ3n) is 0.915. The van der Waals surface area contributed by atoms with E-state index in [9.17, 15) is 0 Å². The number of aliphatic carboxylic acids is 10. The second kappa shape index (κ2) is 30.0. The summed E-state index contributed by atoms with van der Waals surface area (Å²) >= 11 is 0. The molecule has 0 amide bonds. The first-order chi connectivity index (χ1) is 13.2. The summed E-state index contributed by atoms with van der Waals surface area (Å²) in [6, 6.07) is 0. The van der Waals surface area contributed by atoms with E-state index in [1.807, 2.05) is 0 Å². The molecule has 2 radical (unpaired) electrons. The van der Waals surface area contributed by atoms with Crippen LogP contribution in [0.25, 0.3) is 0 Å². The van der Waals surface area contributed by atoms with Crippen molar-refractivity contribution in [3.8, 4) is 0 Å². The Morgan fingerprint density at radius 1 is 0.242 bits per heavy atom. The molecule has 0 aromatic heterocycles. The molecule has 33 heavy (non-hydrogen) atoms. The van der Waals surface area contributed by atoms with Crippen LogP contribution in [0.4, 0.5) is 0 Å². The van der Waals surface area contributed by atoms with E-state index in [1.165, 1.54) is 0 Å². The first kappa shape index (κ1) is 51.5. The molecule has 0 aromatic rings. The second-order valence-corrected chi connectivity index (χ2v) is 3.05. The van der Waals surface area contributed by atoms with E-state index in [-0.39, 0.29) is 43.3 Å². The molecule has 0 unspecified atom stereocenters. The van der Waals surface area contributed by atoms with Gasteiger partial charge >= 0.3 is 59.7 Å². The quantitative estimate of drug-likeness (QED) is 0.124. The zero-order valence-electron chi connectivity index (χ0n) is 15.2. The number of hydrogen-bond acceptors (Lipinski definition) is 11. The summed E-state index contributed by atoms with van der Waals surface area (Å²) in [5, 5.41) is 73.9. The van der Waals surface area contributed by atoms with Crippen LogP contribution in [0.15, 0.2) is 0 Å². The Bertz CT molecular complexity index is 514. The Kier molecular flexibility index (Phi) is 46.8. The van der Waals surface area contributed by atoms with Crippen LogP contribution in [0.2, 0.25) is 0 Å². The van der Waals surface area contributed by atoms with Crippen molar-refractivity contribution in [3.05, 3.63) is 0 Å². The summed E-state index contributed by atoms with van der Waals surface area (Å²) in [5.74, 6) is -18.2. The predicted molar refractivity (Wildman–Crippen MR) is 81.4 cm³/mol. The van der Waals surface area contributed by atoms with Gasteiger partial charge in [0.15, 0.2) is 0 Å². The summed E-state index contributed by atoms with van der Waals surface area (Å²) in [5.41, 5.74) is 0. The van der Waals surface area contributed by atoms with E-state index in [2.05, 4.69) is 0 Å². The van der Waals surface area contributed by atoms with Gasteiger partial charge in [0.1, 0.15) is 0 Å². The van der Waals surface area contributed by atoms with Crippen molar-refractivity contribution >= 4 is 59.7 Å². The van der Waals surface area contributed by atoms with Crippen LogP contribution in [0.1, 0.15) is 0 Å². The molecule has 0 heterocycles. The van der Waals surface area contributed by atoms with Crippen LogP contribution in [0, 0.1) is 0 Å². The van der Waals surface area contributed by atoms with Gasteiger partial charge in [0.05, 0.1) is 0 Å². The van der Waals surface area contributed by atoms with Crippen LogP contribution in [-0.4, -0.2) is 111 Å². The summed E-state index contributed by atoms with van der Waals surface area (Å²) in [6.45, 7) is 0. The van der Waals surface area contributed by atoms with Gasteiger partial charge in [-0.1, -0.05) is 0 Å². The van der Waals surface area contributed by atoms with Crippen molar-refractivity contribution in [3.63, 3.8) is 0 Å². The Morgan fingerprint density at radius 2 is 0.273 bits per heavy atom. The van der Waals surface area contributed by atoms with Crippen molar-refractivity contribution in [1.29, 1.82) is 0 Å². The first-order valence-electron chi connectivity index (χ1n) is 5.53. The number of carbonyl (C=O) groups is 10. The topological polar surface area (TPSA) is 408 Å². The fourth-order valence-electron chi connectivity index (χ4n) is 0. The molecule has 0 rings (SSSR count). The summed E-state index contributed by atoms with van der Waals surface area (Å²) < 4.78 is 0. The van der Waals surface area contributed by atoms with Gasteiger partial charge in [-0.15, -0.1) is 0 Å². The minimum atomic E-state index is -1.82. The molecule has 23 heteroatoms. The van der Waals surface area contributed by atoms with Gasteiger partial charge < -0.3 is 57.2 Å². The predicted octanol–water partition coefficient (Wildman–Crippen LogP) is -4.06. The summed E-state index contributed by atoms with van der Waals surface area (Å²) in [4.78, 5) is 91.0. The Hall–Kier alpha value is -4.17. The smallest absolute Gasteiger partial charge is 0.414 e. The number of rotatable bonds is 0. The van der Waals surface area contributed by atoms with Crippen LogP contribution in [0.3, 0.4) is 0 Å². The maximum atomic E-state index is 9.10. The maximum Gasteiger partial charge on any atom is 0.414 e. The molecule has 0 saturated carbocycles. The van der Waals surface area contributed by atoms with Gasteiger partial charge in [-0.2, -0.15) is 0 Å². The van der Waals surface area contributed by atoms with Crippen LogP contribution in [-0.2, 0) is 85.1 Å². The molecule has 21 nitrogen and oxygen atoms in total. The minimum Gasteiger partial charge on any atom is -0.473 e. The third kappa shape index (κ3) is 74.1. The molecule has 0 atom stereocenters. The standard InChI is InChI=1S/5C2H2O4.H3N.2V/c5*3-1(4)2(5)6;;;/h5*(H,3,4)(H,5,6);1H3;;. The molecule has 0 aliphatic carbocycles. The zero-order valence-corrected chi connectivity index (χ0v) is 17.9. The van der Waals surface area contributed by atoms with Crippen molar-refractivity contribution in [2.75, 3.05) is 0 Å². The van der Waals surface area contributed by atoms with Crippen molar-refractivity contribution in [2.45, 2.75) is 0 Å². The van der Waals surface area contributed by atoms with E-state index >= 15 is 0 Å². The van der Waals surface area contributed by atoms with Crippen molar-refractivity contribution < 1.29 is 136 Å². The van der Waals surface area contributed by atoms with Gasteiger partial charge in [-0.3, -0.25) is 0 Å². The van der Waals surface area contributed by atoms with E-state index in [0.29, 0.717) is 0 Å². The average Bonchev–Trinajstić information content (AvgIpc) is 2.56. The Morgan fingerprint density at radius 3 is 0.273 bits per heavy atom. The van der Waals surface area contributed by atoms with Gasteiger partial charge in [-0.25, -0.2) is 47.9 Å². The van der Waals surface area contributed by atoms with E-state index in [1.54, 1.807) is 0 Å². The summed E-state index contributed by atoms with van der Waals surface area (Å²) in [6.07, 6.45) is 0. The normalized spacial score (nSPS) is 6.67. The zero-order chi connectivity index (χ0) is 25.8. The van der Waals surface area contributed by atoms with Crippen LogP contribution in [0.5, 0.6) is 0 Å². The fourth-order valence-corrected chi connectivity index (χ4v) is 0. The van der Waals surface area contributed by atoms with E-state index < -0.39 is 59.7 Å². The van der Waals surface area contributed by atoms with Gasteiger partial charge in [0.2, 0.25) is 0 Å².